The van der Waals surface area contributed by atoms with Crippen molar-refractivity contribution in [3.05, 3.63) is 83.3 Å². The van der Waals surface area contributed by atoms with E-state index in [1.54, 1.807) is 13.4 Å². The van der Waals surface area contributed by atoms with Crippen LogP contribution in [0, 0.1) is 12.7 Å². The second-order valence-corrected chi connectivity index (χ2v) is 8.27. The number of ether oxygens (including phenoxy) is 1. The maximum atomic E-state index is 13.4. The van der Waals surface area contributed by atoms with E-state index in [1.807, 2.05) is 59.6 Å². The molecule has 8 heteroatoms. The number of allylic oxidation sites excluding steroid dienone is 1. The lowest BCUT2D eigenvalue weighted by Gasteiger charge is -2.22. The fraction of sp³-hybridized carbons (Fsp3) is 0.280. The minimum absolute atomic E-state index is 0.116. The van der Waals surface area contributed by atoms with Crippen LogP contribution in [0.5, 0.6) is 5.88 Å². The Morgan fingerprint density at radius 2 is 1.97 bits per heavy atom. The molecule has 0 saturated carbocycles. The molecule has 168 valence electrons. The summed E-state index contributed by atoms with van der Waals surface area (Å²) in [6, 6.07) is 10.6. The summed E-state index contributed by atoms with van der Waals surface area (Å²) >= 11 is 0. The summed E-state index contributed by atoms with van der Waals surface area (Å²) in [4.78, 5) is 13.8. The molecular formula is C25H25FN6O. The number of aryl methyl sites for hydroxylation is 2. The molecule has 0 amide bonds. The minimum atomic E-state index is -0.229. The van der Waals surface area contributed by atoms with Crippen LogP contribution in [0.25, 0.3) is 17.3 Å². The number of imidazole rings is 1. The van der Waals surface area contributed by atoms with Gasteiger partial charge in [-0.25, -0.2) is 24.0 Å². The highest BCUT2D eigenvalue weighted by Crippen LogP contribution is 2.32. The normalized spacial score (nSPS) is 16.0. The first-order valence-corrected chi connectivity index (χ1v) is 11.0. The predicted octanol–water partition coefficient (Wildman–Crippen LogP) is 4.80. The Morgan fingerprint density at radius 3 is 2.70 bits per heavy atom. The van der Waals surface area contributed by atoms with Gasteiger partial charge in [-0.15, -0.1) is 0 Å². The van der Waals surface area contributed by atoms with Crippen LogP contribution in [0.1, 0.15) is 54.3 Å². The zero-order valence-electron chi connectivity index (χ0n) is 18.9. The molecule has 7 nitrogen and oxygen atoms in total. The van der Waals surface area contributed by atoms with Gasteiger partial charge in [0, 0.05) is 18.7 Å². The van der Waals surface area contributed by atoms with Crippen LogP contribution in [-0.2, 0) is 6.54 Å². The van der Waals surface area contributed by atoms with Crippen LogP contribution >= 0.6 is 0 Å². The summed E-state index contributed by atoms with van der Waals surface area (Å²) < 4.78 is 22.8. The van der Waals surface area contributed by atoms with E-state index in [0.717, 1.165) is 53.4 Å². The third-order valence-corrected chi connectivity index (χ3v) is 5.94. The van der Waals surface area contributed by atoms with Gasteiger partial charge in [0.25, 0.3) is 0 Å². The number of fused-ring (bicyclic) bond motifs is 1. The molecule has 4 aromatic rings. The molecule has 0 spiro atoms. The molecule has 1 aliphatic rings. The van der Waals surface area contributed by atoms with Crippen LogP contribution in [0.2, 0.25) is 0 Å². The van der Waals surface area contributed by atoms with Gasteiger partial charge in [-0.3, -0.25) is 0 Å². The Bertz CT molecular complexity index is 1320. The molecule has 33 heavy (non-hydrogen) atoms. The van der Waals surface area contributed by atoms with Crippen LogP contribution in [-0.4, -0.2) is 36.4 Å². The molecule has 5 rings (SSSR count). The summed E-state index contributed by atoms with van der Waals surface area (Å²) in [5.74, 6) is 1.97. The zero-order valence-corrected chi connectivity index (χ0v) is 18.9. The van der Waals surface area contributed by atoms with E-state index < -0.39 is 0 Å². The molecule has 0 N–H and O–H groups in total. The van der Waals surface area contributed by atoms with Gasteiger partial charge in [0.15, 0.2) is 5.82 Å². The van der Waals surface area contributed by atoms with Crippen molar-refractivity contribution in [3.8, 4) is 11.6 Å². The average Bonchev–Trinajstić information content (AvgIpc) is 3.44. The number of aromatic nitrogens is 6. The Labute approximate surface area is 191 Å². The van der Waals surface area contributed by atoms with Crippen LogP contribution in [0.3, 0.4) is 0 Å². The minimum Gasteiger partial charge on any atom is -0.479 e. The second kappa shape index (κ2) is 8.61. The van der Waals surface area contributed by atoms with Crippen molar-refractivity contribution in [3.63, 3.8) is 0 Å². The van der Waals surface area contributed by atoms with E-state index in [0.29, 0.717) is 11.7 Å². The van der Waals surface area contributed by atoms with Gasteiger partial charge >= 0.3 is 0 Å². The number of rotatable bonds is 5. The molecular weight excluding hydrogens is 419 g/mol. The van der Waals surface area contributed by atoms with Gasteiger partial charge in [0.1, 0.15) is 17.3 Å². The van der Waals surface area contributed by atoms with E-state index in [-0.39, 0.29) is 11.7 Å². The SMILES string of the molecule is COc1nc(/C(C)=C/c2nc3n(n2)CCC[C@@H]3c2ccc(F)cc2)ccc1-n1cnc(C)c1. The number of hydrogen-bond donors (Lipinski definition) is 0. The van der Waals surface area contributed by atoms with Crippen molar-refractivity contribution < 1.29 is 9.13 Å². The molecule has 1 aromatic carbocycles. The van der Waals surface area contributed by atoms with E-state index in [4.69, 9.17) is 14.8 Å². The molecule has 1 atom stereocenters. The first-order valence-electron chi connectivity index (χ1n) is 11.0. The fourth-order valence-corrected chi connectivity index (χ4v) is 4.26. The smallest absolute Gasteiger partial charge is 0.238 e. The highest BCUT2D eigenvalue weighted by Gasteiger charge is 2.25. The molecule has 0 radical (unpaired) electrons. The van der Waals surface area contributed by atoms with Gasteiger partial charge in [-0.05, 0) is 68.2 Å². The molecule has 0 aliphatic carbocycles. The van der Waals surface area contributed by atoms with Crippen molar-refractivity contribution in [2.45, 2.75) is 39.2 Å². The monoisotopic (exact) mass is 444 g/mol. The third-order valence-electron chi connectivity index (χ3n) is 5.94. The van der Waals surface area contributed by atoms with Crippen LogP contribution in [0.15, 0.2) is 48.9 Å². The number of halogens is 1. The third kappa shape index (κ3) is 4.16. The lowest BCUT2D eigenvalue weighted by molar-refractivity contribution is 0.395. The second-order valence-electron chi connectivity index (χ2n) is 8.27. The van der Waals surface area contributed by atoms with Gasteiger partial charge in [-0.1, -0.05) is 12.1 Å². The topological polar surface area (TPSA) is 70.7 Å². The quantitative estimate of drug-likeness (QED) is 0.442. The Kier molecular flexibility index (Phi) is 5.50. The summed E-state index contributed by atoms with van der Waals surface area (Å²) in [7, 11) is 1.61. The fourth-order valence-electron chi connectivity index (χ4n) is 4.26. The van der Waals surface area contributed by atoms with E-state index in [1.165, 1.54) is 12.1 Å². The number of benzene rings is 1. The standard InChI is InChI=1S/C25H25FN6O/c1-16(21-10-11-22(25(28-21)33-3)31-14-17(2)27-15-31)13-23-29-24-20(5-4-12-32(24)30-23)18-6-8-19(26)9-7-18/h6-11,13-15,20H,4-5,12H2,1-3H3/b16-13+/t20-/m1/s1. The number of methoxy groups -OCH3 is 1. The molecule has 1 aliphatic heterocycles. The Hall–Kier alpha value is -3.81. The first kappa shape index (κ1) is 21.1. The lowest BCUT2D eigenvalue weighted by Crippen LogP contribution is -2.17. The number of hydrogen-bond acceptors (Lipinski definition) is 5. The summed E-state index contributed by atoms with van der Waals surface area (Å²) in [5, 5.41) is 4.70. The molecule has 0 fully saturated rings. The molecule has 0 saturated heterocycles. The Morgan fingerprint density at radius 1 is 1.15 bits per heavy atom. The van der Waals surface area contributed by atoms with Crippen molar-refractivity contribution in [1.29, 1.82) is 0 Å². The van der Waals surface area contributed by atoms with E-state index >= 15 is 0 Å². The Balaban J connectivity index is 1.45. The molecule has 4 heterocycles. The predicted molar refractivity (Wildman–Crippen MR) is 124 cm³/mol. The van der Waals surface area contributed by atoms with E-state index in [9.17, 15) is 4.39 Å². The summed E-state index contributed by atoms with van der Waals surface area (Å²) in [6.07, 6.45) is 7.60. The highest BCUT2D eigenvalue weighted by molar-refractivity contribution is 5.77. The van der Waals surface area contributed by atoms with Crippen molar-refractivity contribution in [2.24, 2.45) is 0 Å². The molecule has 0 bridgehead atoms. The van der Waals surface area contributed by atoms with E-state index in [2.05, 4.69) is 9.97 Å². The molecule has 3 aromatic heterocycles. The largest absolute Gasteiger partial charge is 0.479 e. The maximum Gasteiger partial charge on any atom is 0.238 e. The van der Waals surface area contributed by atoms with Crippen molar-refractivity contribution >= 4 is 11.6 Å². The average molecular weight is 445 g/mol. The van der Waals surface area contributed by atoms with Crippen molar-refractivity contribution in [2.75, 3.05) is 7.11 Å². The number of pyridine rings is 1. The molecule has 0 unspecified atom stereocenters. The summed E-state index contributed by atoms with van der Waals surface area (Å²) in [6.45, 7) is 4.76. The summed E-state index contributed by atoms with van der Waals surface area (Å²) in [5.41, 5.74) is 4.53. The highest BCUT2D eigenvalue weighted by atomic mass is 19.1. The number of nitrogens with zero attached hydrogens (tertiary/aromatic N) is 6. The van der Waals surface area contributed by atoms with Gasteiger partial charge < -0.3 is 9.30 Å². The lowest BCUT2D eigenvalue weighted by atomic mass is 9.91. The zero-order chi connectivity index (χ0) is 22.9. The van der Waals surface area contributed by atoms with Gasteiger partial charge in [0.2, 0.25) is 5.88 Å². The first-order chi connectivity index (χ1) is 16.0. The van der Waals surface area contributed by atoms with Gasteiger partial charge in [0.05, 0.1) is 24.8 Å². The van der Waals surface area contributed by atoms with Gasteiger partial charge in [-0.2, -0.15) is 5.10 Å². The van der Waals surface area contributed by atoms with Crippen molar-refractivity contribution in [1.82, 2.24) is 29.3 Å². The maximum absolute atomic E-state index is 13.4. The van der Waals surface area contributed by atoms with Crippen LogP contribution in [0.4, 0.5) is 4.39 Å². The van der Waals surface area contributed by atoms with Crippen LogP contribution < -0.4 is 4.74 Å².